The molecule has 1 N–H and O–H groups in total. The van der Waals surface area contributed by atoms with Crippen molar-refractivity contribution in [2.75, 3.05) is 12.4 Å². The maximum absolute atomic E-state index is 5.18. The van der Waals surface area contributed by atoms with Gasteiger partial charge in [0.05, 0.1) is 12.6 Å². The smallest absolute Gasteiger partial charge is 0.223 e. The van der Waals surface area contributed by atoms with Crippen molar-refractivity contribution in [3.8, 4) is 5.75 Å². The molecule has 1 heterocycles. The Morgan fingerprint density at radius 1 is 1.11 bits per heavy atom. The van der Waals surface area contributed by atoms with Crippen molar-refractivity contribution >= 4 is 5.95 Å². The lowest BCUT2D eigenvalue weighted by Gasteiger charge is -2.17. The highest BCUT2D eigenvalue weighted by atomic mass is 16.5. The SMILES string of the molecule is COc1ccc(C2(Nc3ncccn3)CC2)cc1. The van der Waals surface area contributed by atoms with Crippen LogP contribution in [0, 0.1) is 0 Å². The quantitative estimate of drug-likeness (QED) is 0.893. The Balaban J connectivity index is 1.82. The first-order valence-corrected chi connectivity index (χ1v) is 6.02. The summed E-state index contributed by atoms with van der Waals surface area (Å²) in [5.74, 6) is 1.57. The fraction of sp³-hybridized carbons (Fsp3) is 0.286. The summed E-state index contributed by atoms with van der Waals surface area (Å²) in [7, 11) is 1.68. The summed E-state index contributed by atoms with van der Waals surface area (Å²) in [4.78, 5) is 8.43. The second-order valence-electron chi connectivity index (χ2n) is 4.51. The highest BCUT2D eigenvalue weighted by molar-refractivity contribution is 5.43. The highest BCUT2D eigenvalue weighted by Gasteiger charge is 2.44. The van der Waals surface area contributed by atoms with Crippen LogP contribution >= 0.6 is 0 Å². The van der Waals surface area contributed by atoms with E-state index in [4.69, 9.17) is 4.74 Å². The predicted octanol–water partition coefficient (Wildman–Crippen LogP) is 2.59. The minimum atomic E-state index is 0.00756. The van der Waals surface area contributed by atoms with Gasteiger partial charge < -0.3 is 10.1 Å². The van der Waals surface area contributed by atoms with Crippen molar-refractivity contribution in [1.82, 2.24) is 9.97 Å². The number of methoxy groups -OCH3 is 1. The average Bonchev–Trinajstić information content (AvgIpc) is 3.21. The third kappa shape index (κ3) is 2.01. The van der Waals surface area contributed by atoms with Crippen LogP contribution in [0.3, 0.4) is 0 Å². The highest BCUT2D eigenvalue weighted by Crippen LogP contribution is 2.47. The van der Waals surface area contributed by atoms with E-state index in [1.165, 1.54) is 5.56 Å². The van der Waals surface area contributed by atoms with Crippen LogP contribution in [-0.2, 0) is 5.54 Å². The molecule has 0 saturated heterocycles. The van der Waals surface area contributed by atoms with E-state index in [-0.39, 0.29) is 5.54 Å². The zero-order valence-corrected chi connectivity index (χ0v) is 10.3. The van der Waals surface area contributed by atoms with Crippen LogP contribution in [0.1, 0.15) is 18.4 Å². The maximum atomic E-state index is 5.18. The zero-order valence-electron chi connectivity index (χ0n) is 10.3. The monoisotopic (exact) mass is 241 g/mol. The molecular formula is C14H15N3O. The van der Waals surface area contributed by atoms with Crippen LogP contribution in [0.4, 0.5) is 5.95 Å². The zero-order chi connectivity index (χ0) is 12.4. The number of nitrogens with zero attached hydrogens (tertiary/aromatic N) is 2. The molecule has 1 aliphatic carbocycles. The Bertz CT molecular complexity index is 520. The first-order chi connectivity index (χ1) is 8.82. The fourth-order valence-corrected chi connectivity index (χ4v) is 2.10. The molecule has 18 heavy (non-hydrogen) atoms. The molecule has 0 aliphatic heterocycles. The summed E-state index contributed by atoms with van der Waals surface area (Å²) in [6.07, 6.45) is 5.72. The van der Waals surface area contributed by atoms with Crippen LogP contribution in [0.5, 0.6) is 5.75 Å². The largest absolute Gasteiger partial charge is 0.497 e. The summed E-state index contributed by atoms with van der Waals surface area (Å²) in [6.45, 7) is 0. The van der Waals surface area contributed by atoms with Crippen LogP contribution in [-0.4, -0.2) is 17.1 Å². The van der Waals surface area contributed by atoms with Crippen LogP contribution < -0.4 is 10.1 Å². The molecule has 0 spiro atoms. The summed E-state index contributed by atoms with van der Waals surface area (Å²) >= 11 is 0. The fourth-order valence-electron chi connectivity index (χ4n) is 2.10. The first kappa shape index (κ1) is 11.0. The molecule has 3 rings (SSSR count). The molecule has 0 bridgehead atoms. The number of anilines is 1. The van der Waals surface area contributed by atoms with Gasteiger partial charge in [0.2, 0.25) is 5.95 Å². The number of hydrogen-bond donors (Lipinski definition) is 1. The van der Waals surface area contributed by atoms with E-state index in [0.717, 1.165) is 18.6 Å². The van der Waals surface area contributed by atoms with Gasteiger partial charge in [-0.25, -0.2) is 9.97 Å². The van der Waals surface area contributed by atoms with Gasteiger partial charge in [-0.05, 0) is 36.6 Å². The van der Waals surface area contributed by atoms with Crippen molar-refractivity contribution in [3.63, 3.8) is 0 Å². The second-order valence-corrected chi connectivity index (χ2v) is 4.51. The van der Waals surface area contributed by atoms with Crippen LogP contribution in [0.2, 0.25) is 0 Å². The molecule has 92 valence electrons. The van der Waals surface area contributed by atoms with Gasteiger partial charge in [-0.2, -0.15) is 0 Å². The van der Waals surface area contributed by atoms with Crippen LogP contribution in [0.15, 0.2) is 42.7 Å². The normalized spacial score (nSPS) is 16.1. The standard InChI is InChI=1S/C14H15N3O/c1-18-12-5-3-11(4-6-12)14(7-8-14)17-13-15-9-2-10-16-13/h2-6,9-10H,7-8H2,1H3,(H,15,16,17). The van der Waals surface area contributed by atoms with Gasteiger partial charge in [0.1, 0.15) is 5.75 Å². The molecule has 4 heteroatoms. The number of nitrogens with one attached hydrogen (secondary N) is 1. The molecule has 1 fully saturated rings. The van der Waals surface area contributed by atoms with Crippen molar-refractivity contribution in [3.05, 3.63) is 48.3 Å². The Hall–Kier alpha value is -2.10. The molecule has 1 aromatic heterocycles. The van der Waals surface area contributed by atoms with E-state index < -0.39 is 0 Å². The summed E-state index contributed by atoms with van der Waals surface area (Å²) < 4.78 is 5.18. The van der Waals surface area contributed by atoms with E-state index in [1.54, 1.807) is 19.5 Å². The van der Waals surface area contributed by atoms with Gasteiger partial charge >= 0.3 is 0 Å². The third-order valence-electron chi connectivity index (χ3n) is 3.31. The van der Waals surface area contributed by atoms with E-state index in [2.05, 4.69) is 27.4 Å². The maximum Gasteiger partial charge on any atom is 0.223 e. The summed E-state index contributed by atoms with van der Waals surface area (Å²) in [5, 5.41) is 3.42. The summed E-state index contributed by atoms with van der Waals surface area (Å²) in [6, 6.07) is 9.99. The van der Waals surface area contributed by atoms with Gasteiger partial charge in [-0.3, -0.25) is 0 Å². The van der Waals surface area contributed by atoms with Crippen molar-refractivity contribution < 1.29 is 4.74 Å². The van der Waals surface area contributed by atoms with Gasteiger partial charge in [-0.15, -0.1) is 0 Å². The average molecular weight is 241 g/mol. The number of aromatic nitrogens is 2. The third-order valence-corrected chi connectivity index (χ3v) is 3.31. The molecule has 0 amide bonds. The molecule has 0 unspecified atom stereocenters. The van der Waals surface area contributed by atoms with Crippen molar-refractivity contribution in [2.24, 2.45) is 0 Å². The topological polar surface area (TPSA) is 47.0 Å². The first-order valence-electron chi connectivity index (χ1n) is 6.02. The van der Waals surface area contributed by atoms with Gasteiger partial charge in [0.25, 0.3) is 0 Å². The molecule has 2 aromatic rings. The molecule has 0 atom stereocenters. The Kier molecular flexibility index (Phi) is 2.63. The van der Waals surface area contributed by atoms with Gasteiger partial charge in [0, 0.05) is 12.4 Å². The Morgan fingerprint density at radius 3 is 2.33 bits per heavy atom. The minimum absolute atomic E-state index is 0.00756. The van der Waals surface area contributed by atoms with Gasteiger partial charge in [-0.1, -0.05) is 12.1 Å². The number of rotatable bonds is 4. The van der Waals surface area contributed by atoms with Crippen molar-refractivity contribution in [1.29, 1.82) is 0 Å². The molecule has 1 saturated carbocycles. The van der Waals surface area contributed by atoms with E-state index in [9.17, 15) is 0 Å². The lowest BCUT2D eigenvalue weighted by Crippen LogP contribution is -2.20. The molecular weight excluding hydrogens is 226 g/mol. The van der Waals surface area contributed by atoms with E-state index in [1.807, 2.05) is 18.2 Å². The molecule has 1 aliphatic rings. The molecule has 4 nitrogen and oxygen atoms in total. The Morgan fingerprint density at radius 2 is 1.78 bits per heavy atom. The van der Waals surface area contributed by atoms with Gasteiger partial charge in [0.15, 0.2) is 0 Å². The van der Waals surface area contributed by atoms with E-state index >= 15 is 0 Å². The molecule has 0 radical (unpaired) electrons. The summed E-state index contributed by atoms with van der Waals surface area (Å²) in [5.41, 5.74) is 1.27. The van der Waals surface area contributed by atoms with Crippen LogP contribution in [0.25, 0.3) is 0 Å². The van der Waals surface area contributed by atoms with E-state index in [0.29, 0.717) is 5.95 Å². The predicted molar refractivity (Wildman–Crippen MR) is 69.6 cm³/mol. The Labute approximate surface area is 106 Å². The van der Waals surface area contributed by atoms with Crippen molar-refractivity contribution in [2.45, 2.75) is 18.4 Å². The minimum Gasteiger partial charge on any atom is -0.497 e. The number of ether oxygens (including phenoxy) is 1. The lowest BCUT2D eigenvalue weighted by molar-refractivity contribution is 0.414. The molecule has 1 aromatic carbocycles. The number of benzene rings is 1. The second kappa shape index (κ2) is 4.29. The number of hydrogen-bond acceptors (Lipinski definition) is 4. The lowest BCUT2D eigenvalue weighted by atomic mass is 10.1.